The summed E-state index contributed by atoms with van der Waals surface area (Å²) in [5.41, 5.74) is -0.933. The maximum atomic E-state index is 11.2. The fourth-order valence-electron chi connectivity index (χ4n) is 1.49. The molecule has 0 aliphatic carbocycles. The van der Waals surface area contributed by atoms with Crippen LogP contribution in [0.2, 0.25) is 0 Å². The molecule has 0 bridgehead atoms. The average Bonchev–Trinajstić information content (AvgIpc) is 2.28. The van der Waals surface area contributed by atoms with Crippen LogP contribution in [0.1, 0.15) is 19.8 Å². The second-order valence-corrected chi connectivity index (χ2v) is 4.44. The quantitative estimate of drug-likeness (QED) is 0.447. The van der Waals surface area contributed by atoms with E-state index in [0.29, 0.717) is 18.3 Å². The number of hydrogen-bond acceptors (Lipinski definition) is 3. The molecule has 94 valence electrons. The van der Waals surface area contributed by atoms with Gasteiger partial charge in [-0.2, -0.15) is 0 Å². The zero-order valence-electron chi connectivity index (χ0n) is 9.63. The molecule has 0 aliphatic rings. The maximum Gasteiger partial charge on any atom is 0.332 e. The van der Waals surface area contributed by atoms with E-state index in [-0.39, 0.29) is 5.69 Å². The molecule has 0 radical (unpaired) electrons. The van der Waals surface area contributed by atoms with Crippen molar-refractivity contribution in [2.75, 3.05) is 5.88 Å². The van der Waals surface area contributed by atoms with Gasteiger partial charge in [-0.15, -0.1) is 11.6 Å². The summed E-state index contributed by atoms with van der Waals surface area (Å²) in [5, 5.41) is 10.6. The average molecular weight is 259 g/mol. The summed E-state index contributed by atoms with van der Waals surface area (Å²) >= 11 is 5.63. The minimum atomic E-state index is -0.652. The highest BCUT2D eigenvalue weighted by atomic mass is 35.5. The Balaban J connectivity index is 2.70. The van der Waals surface area contributed by atoms with Crippen molar-refractivity contribution < 1.29 is 4.92 Å². The number of halogens is 1. The summed E-state index contributed by atoms with van der Waals surface area (Å²) in [4.78, 5) is 21.1. The third-order valence-corrected chi connectivity index (χ3v) is 2.85. The van der Waals surface area contributed by atoms with Crippen LogP contribution in [0.3, 0.4) is 0 Å². The molecule has 1 atom stereocenters. The molecule has 1 heterocycles. The molecule has 1 aromatic rings. The van der Waals surface area contributed by atoms with Gasteiger partial charge in [0.15, 0.2) is 0 Å². The topological polar surface area (TPSA) is 65.1 Å². The lowest BCUT2D eigenvalue weighted by molar-refractivity contribution is -0.386. The highest BCUT2D eigenvalue weighted by Crippen LogP contribution is 2.11. The Morgan fingerprint density at radius 3 is 2.82 bits per heavy atom. The lowest BCUT2D eigenvalue weighted by Gasteiger charge is -2.10. The number of alkyl halides is 1. The van der Waals surface area contributed by atoms with Crippen molar-refractivity contribution in [3.05, 3.63) is 38.8 Å². The molecule has 0 aliphatic heterocycles. The van der Waals surface area contributed by atoms with Crippen LogP contribution in [-0.2, 0) is 6.54 Å². The van der Waals surface area contributed by atoms with Gasteiger partial charge in [-0.3, -0.25) is 14.9 Å². The first-order valence-electron chi connectivity index (χ1n) is 5.45. The molecule has 1 aromatic heterocycles. The van der Waals surface area contributed by atoms with Gasteiger partial charge in [-0.1, -0.05) is 6.92 Å². The predicted octanol–water partition coefficient (Wildman–Crippen LogP) is 2.41. The summed E-state index contributed by atoms with van der Waals surface area (Å²) in [6, 6.07) is 1.23. The van der Waals surface area contributed by atoms with Gasteiger partial charge >= 0.3 is 5.69 Å². The molecule has 0 aromatic carbocycles. The van der Waals surface area contributed by atoms with Gasteiger partial charge < -0.3 is 4.57 Å². The number of pyridine rings is 1. The number of rotatable bonds is 6. The molecule has 0 saturated carbocycles. The van der Waals surface area contributed by atoms with Crippen LogP contribution >= 0.6 is 11.6 Å². The predicted molar refractivity (Wildman–Crippen MR) is 66.5 cm³/mol. The zero-order valence-corrected chi connectivity index (χ0v) is 10.4. The van der Waals surface area contributed by atoms with E-state index < -0.39 is 10.4 Å². The van der Waals surface area contributed by atoms with E-state index in [4.69, 9.17) is 11.6 Å². The molecular weight excluding hydrogens is 244 g/mol. The van der Waals surface area contributed by atoms with Crippen LogP contribution < -0.4 is 5.43 Å². The summed E-state index contributed by atoms with van der Waals surface area (Å²) in [7, 11) is 0. The van der Waals surface area contributed by atoms with Gasteiger partial charge in [-0.25, -0.2) is 0 Å². The Kier molecular flexibility index (Phi) is 5.15. The van der Waals surface area contributed by atoms with Crippen molar-refractivity contribution in [1.82, 2.24) is 4.57 Å². The molecule has 0 spiro atoms. The minimum Gasteiger partial charge on any atom is -0.348 e. The Labute approximate surface area is 104 Å². The van der Waals surface area contributed by atoms with E-state index in [9.17, 15) is 14.9 Å². The first-order valence-corrected chi connectivity index (χ1v) is 5.98. The van der Waals surface area contributed by atoms with Crippen molar-refractivity contribution in [2.45, 2.75) is 26.3 Å². The summed E-state index contributed by atoms with van der Waals surface area (Å²) in [6.07, 6.45) is 4.66. The molecule has 0 saturated heterocycles. The number of aryl methyl sites for hydroxylation is 1. The van der Waals surface area contributed by atoms with E-state index in [0.717, 1.165) is 12.8 Å². The Bertz CT molecular complexity index is 445. The standard InChI is InChI=1S/C11H15ClN2O3/c1-9(2-5-12)3-6-13-7-4-11(15)10(8-13)14(16)17/h4,7-9H,2-3,5-6H2,1H3. The fourth-order valence-corrected chi connectivity index (χ4v) is 1.86. The van der Waals surface area contributed by atoms with Crippen LogP contribution in [0, 0.1) is 16.0 Å². The van der Waals surface area contributed by atoms with E-state index >= 15 is 0 Å². The molecule has 6 heteroatoms. The number of aromatic nitrogens is 1. The van der Waals surface area contributed by atoms with Crippen LogP contribution in [-0.4, -0.2) is 15.4 Å². The Hall–Kier alpha value is -1.36. The smallest absolute Gasteiger partial charge is 0.332 e. The van der Waals surface area contributed by atoms with Crippen molar-refractivity contribution in [3.8, 4) is 0 Å². The molecular formula is C11H15ClN2O3. The molecule has 1 rings (SSSR count). The SMILES string of the molecule is CC(CCCl)CCn1ccc(=O)c([N+](=O)[O-])c1. The normalized spacial score (nSPS) is 12.4. The molecule has 0 fully saturated rings. The van der Waals surface area contributed by atoms with E-state index in [1.165, 1.54) is 12.3 Å². The van der Waals surface area contributed by atoms with E-state index in [1.54, 1.807) is 10.8 Å². The summed E-state index contributed by atoms with van der Waals surface area (Å²) < 4.78 is 1.67. The van der Waals surface area contributed by atoms with Crippen LogP contribution in [0.25, 0.3) is 0 Å². The second kappa shape index (κ2) is 6.39. The molecule has 0 N–H and O–H groups in total. The lowest BCUT2D eigenvalue weighted by Crippen LogP contribution is -2.12. The van der Waals surface area contributed by atoms with Gasteiger partial charge in [0.05, 0.1) is 11.1 Å². The molecule has 1 unspecified atom stereocenters. The second-order valence-electron chi connectivity index (χ2n) is 4.06. The van der Waals surface area contributed by atoms with Gasteiger partial charge in [-0.05, 0) is 18.8 Å². The zero-order chi connectivity index (χ0) is 12.8. The van der Waals surface area contributed by atoms with Gasteiger partial charge in [0.25, 0.3) is 5.43 Å². The molecule has 17 heavy (non-hydrogen) atoms. The molecule has 5 nitrogen and oxygen atoms in total. The minimum absolute atomic E-state index is 0.377. The van der Waals surface area contributed by atoms with Crippen LogP contribution in [0.5, 0.6) is 0 Å². The first kappa shape index (κ1) is 13.7. The Morgan fingerprint density at radius 2 is 2.24 bits per heavy atom. The number of hydrogen-bond donors (Lipinski definition) is 0. The van der Waals surface area contributed by atoms with Crippen molar-refractivity contribution in [1.29, 1.82) is 0 Å². The first-order chi connectivity index (χ1) is 8.04. The highest BCUT2D eigenvalue weighted by Gasteiger charge is 2.11. The van der Waals surface area contributed by atoms with Gasteiger partial charge in [0.2, 0.25) is 0 Å². The fraction of sp³-hybridized carbons (Fsp3) is 0.545. The molecule has 0 amide bonds. The van der Waals surface area contributed by atoms with Crippen LogP contribution in [0.4, 0.5) is 5.69 Å². The third kappa shape index (κ3) is 4.19. The van der Waals surface area contributed by atoms with Gasteiger partial charge in [0.1, 0.15) is 0 Å². The Morgan fingerprint density at radius 1 is 1.53 bits per heavy atom. The number of nitrogens with zero attached hydrogens (tertiary/aromatic N) is 2. The van der Waals surface area contributed by atoms with Crippen LogP contribution in [0.15, 0.2) is 23.3 Å². The number of nitro groups is 1. The van der Waals surface area contributed by atoms with E-state index in [1.807, 2.05) is 0 Å². The largest absolute Gasteiger partial charge is 0.348 e. The monoisotopic (exact) mass is 258 g/mol. The maximum absolute atomic E-state index is 11.2. The lowest BCUT2D eigenvalue weighted by atomic mass is 10.1. The third-order valence-electron chi connectivity index (χ3n) is 2.64. The summed E-state index contributed by atoms with van der Waals surface area (Å²) in [5.74, 6) is 1.08. The van der Waals surface area contributed by atoms with Gasteiger partial charge in [0, 0.05) is 24.7 Å². The van der Waals surface area contributed by atoms with Crippen molar-refractivity contribution >= 4 is 17.3 Å². The summed E-state index contributed by atoms with van der Waals surface area (Å²) in [6.45, 7) is 2.73. The van der Waals surface area contributed by atoms with E-state index in [2.05, 4.69) is 6.92 Å². The van der Waals surface area contributed by atoms with Crippen molar-refractivity contribution in [3.63, 3.8) is 0 Å². The van der Waals surface area contributed by atoms with Crippen molar-refractivity contribution in [2.24, 2.45) is 5.92 Å². The highest BCUT2D eigenvalue weighted by molar-refractivity contribution is 6.17.